The minimum Gasteiger partial charge on any atom is -0.508 e. The lowest BCUT2D eigenvalue weighted by Crippen LogP contribution is -2.13. The molecule has 3 rings (SSSR count). The Labute approximate surface area is 131 Å². The topological polar surface area (TPSA) is 40.5 Å². The van der Waals surface area contributed by atoms with Crippen molar-refractivity contribution in [1.82, 2.24) is 0 Å². The fourth-order valence-corrected chi connectivity index (χ4v) is 3.05. The summed E-state index contributed by atoms with van der Waals surface area (Å²) in [6.07, 6.45) is -3.17. The minimum atomic E-state index is -4.50. The van der Waals surface area contributed by atoms with E-state index >= 15 is 0 Å². The third-order valence-electron chi connectivity index (χ3n) is 4.03. The predicted octanol–water partition coefficient (Wildman–Crippen LogP) is 4.91. The van der Waals surface area contributed by atoms with Crippen LogP contribution in [0.4, 0.5) is 13.2 Å². The fraction of sp³-hybridized carbons (Fsp3) is 0.222. The van der Waals surface area contributed by atoms with E-state index < -0.39 is 11.7 Å². The molecule has 2 aromatic rings. The van der Waals surface area contributed by atoms with Gasteiger partial charge in [0.15, 0.2) is 0 Å². The van der Waals surface area contributed by atoms with Crippen LogP contribution in [0.1, 0.15) is 29.5 Å². The number of aromatic hydroxyl groups is 2. The second-order valence-corrected chi connectivity index (χ2v) is 5.59. The van der Waals surface area contributed by atoms with Gasteiger partial charge in [0.2, 0.25) is 0 Å². The molecule has 120 valence electrons. The third kappa shape index (κ3) is 3.04. The maximum atomic E-state index is 13.7. The van der Waals surface area contributed by atoms with Crippen LogP contribution in [0.15, 0.2) is 42.5 Å². The lowest BCUT2D eigenvalue weighted by Gasteiger charge is -2.18. The van der Waals surface area contributed by atoms with Gasteiger partial charge in [-0.2, -0.15) is 13.2 Å². The number of hydrogen-bond acceptors (Lipinski definition) is 2. The smallest absolute Gasteiger partial charge is 0.417 e. The summed E-state index contributed by atoms with van der Waals surface area (Å²) in [6.45, 7) is 0. The van der Waals surface area contributed by atoms with Gasteiger partial charge in [0, 0.05) is 0 Å². The summed E-state index contributed by atoms with van der Waals surface area (Å²) in [5, 5.41) is 18.9. The second kappa shape index (κ2) is 5.65. The Balaban J connectivity index is 2.27. The van der Waals surface area contributed by atoms with Crippen LogP contribution in [0.2, 0.25) is 0 Å². The molecule has 1 aliphatic rings. The molecular weight excluding hydrogens is 305 g/mol. The molecule has 2 N–H and O–H groups in total. The Morgan fingerprint density at radius 2 is 1.48 bits per heavy atom. The molecule has 5 heteroatoms. The summed E-state index contributed by atoms with van der Waals surface area (Å²) in [5.41, 5.74) is 0.649. The minimum absolute atomic E-state index is 0.0156. The highest BCUT2D eigenvalue weighted by molar-refractivity contribution is 5.94. The zero-order valence-electron chi connectivity index (χ0n) is 12.2. The molecule has 23 heavy (non-hydrogen) atoms. The zero-order valence-corrected chi connectivity index (χ0v) is 12.2. The second-order valence-electron chi connectivity index (χ2n) is 5.59. The van der Waals surface area contributed by atoms with Gasteiger partial charge in [0.05, 0.1) is 5.57 Å². The molecule has 1 aliphatic carbocycles. The number of rotatable bonds is 1. The number of benzene rings is 2. The first kappa shape index (κ1) is 15.5. The Bertz CT molecular complexity index is 759. The third-order valence-corrected chi connectivity index (χ3v) is 4.03. The monoisotopic (exact) mass is 320 g/mol. The number of halogens is 3. The van der Waals surface area contributed by atoms with E-state index in [1.807, 2.05) is 0 Å². The van der Waals surface area contributed by atoms with E-state index in [2.05, 4.69) is 0 Å². The first-order chi connectivity index (χ1) is 10.9. The van der Waals surface area contributed by atoms with Crippen LogP contribution >= 0.6 is 0 Å². The van der Waals surface area contributed by atoms with E-state index in [-0.39, 0.29) is 29.1 Å². The molecule has 0 radical (unpaired) electrons. The quantitative estimate of drug-likeness (QED) is 0.784. The van der Waals surface area contributed by atoms with Crippen LogP contribution in [0.25, 0.3) is 11.1 Å². The van der Waals surface area contributed by atoms with E-state index in [9.17, 15) is 23.4 Å². The van der Waals surface area contributed by atoms with Crippen LogP contribution in [0.5, 0.6) is 11.5 Å². The van der Waals surface area contributed by atoms with Gasteiger partial charge in [-0.25, -0.2) is 0 Å². The van der Waals surface area contributed by atoms with Crippen molar-refractivity contribution in [2.24, 2.45) is 0 Å². The van der Waals surface area contributed by atoms with Crippen LogP contribution in [-0.4, -0.2) is 16.4 Å². The summed E-state index contributed by atoms with van der Waals surface area (Å²) in [5.74, 6) is -0.0137. The van der Waals surface area contributed by atoms with Gasteiger partial charge in [-0.1, -0.05) is 18.2 Å². The van der Waals surface area contributed by atoms with Crippen molar-refractivity contribution in [2.75, 3.05) is 0 Å². The van der Waals surface area contributed by atoms with Crippen molar-refractivity contribution in [2.45, 2.75) is 25.4 Å². The molecular formula is C18H15F3O2. The van der Waals surface area contributed by atoms with Gasteiger partial charge in [0.1, 0.15) is 11.5 Å². The molecule has 0 fully saturated rings. The molecule has 0 saturated carbocycles. The summed E-state index contributed by atoms with van der Waals surface area (Å²) < 4.78 is 41.2. The van der Waals surface area contributed by atoms with Crippen LogP contribution in [0, 0.1) is 0 Å². The van der Waals surface area contributed by atoms with E-state index in [1.54, 1.807) is 0 Å². The number of phenolic OH excluding ortho intramolecular Hbond substituents is 2. The number of phenols is 2. The van der Waals surface area contributed by atoms with E-state index in [4.69, 9.17) is 0 Å². The zero-order chi connectivity index (χ0) is 16.6. The summed E-state index contributed by atoms with van der Waals surface area (Å²) in [6, 6.07) is 9.80. The first-order valence-electron chi connectivity index (χ1n) is 7.28. The first-order valence-corrected chi connectivity index (χ1v) is 7.28. The SMILES string of the molecule is Oc1ccc(C2=C(C(F)(F)F)c3ccc(O)cc3CCC2)cc1. The number of allylic oxidation sites excluding steroid dienone is 2. The van der Waals surface area contributed by atoms with E-state index in [1.165, 1.54) is 42.5 Å². The molecule has 0 spiro atoms. The number of fused-ring (bicyclic) bond motifs is 1. The van der Waals surface area contributed by atoms with Crippen molar-refractivity contribution in [3.05, 3.63) is 59.2 Å². The molecule has 0 unspecified atom stereocenters. The van der Waals surface area contributed by atoms with Crippen LogP contribution in [0.3, 0.4) is 0 Å². The molecule has 0 saturated heterocycles. The molecule has 0 heterocycles. The van der Waals surface area contributed by atoms with Gasteiger partial charge >= 0.3 is 6.18 Å². The molecule has 0 amide bonds. The lowest BCUT2D eigenvalue weighted by molar-refractivity contribution is -0.0686. The van der Waals surface area contributed by atoms with Crippen molar-refractivity contribution in [3.63, 3.8) is 0 Å². The Hall–Kier alpha value is -2.43. The number of aryl methyl sites for hydroxylation is 1. The highest BCUT2D eigenvalue weighted by Crippen LogP contribution is 2.45. The molecule has 0 bridgehead atoms. The van der Waals surface area contributed by atoms with Gasteiger partial charge in [0.25, 0.3) is 0 Å². The fourth-order valence-electron chi connectivity index (χ4n) is 3.05. The van der Waals surface area contributed by atoms with Crippen molar-refractivity contribution in [3.8, 4) is 11.5 Å². The van der Waals surface area contributed by atoms with Crippen molar-refractivity contribution >= 4 is 11.1 Å². The molecule has 0 aromatic heterocycles. The van der Waals surface area contributed by atoms with Gasteiger partial charge in [-0.3, -0.25) is 0 Å². The van der Waals surface area contributed by atoms with Crippen LogP contribution < -0.4 is 0 Å². The van der Waals surface area contributed by atoms with E-state index in [0.29, 0.717) is 24.0 Å². The highest BCUT2D eigenvalue weighted by atomic mass is 19.4. The Morgan fingerprint density at radius 1 is 0.826 bits per heavy atom. The standard InChI is InChI=1S/C18H15F3O2/c19-18(20,21)17-15(11-4-6-13(22)7-5-11)3-1-2-12-10-14(23)8-9-16(12)17/h4-10,22-23H,1-3H2. The van der Waals surface area contributed by atoms with Crippen LogP contribution in [-0.2, 0) is 6.42 Å². The summed E-state index contributed by atoms with van der Waals surface area (Å²) >= 11 is 0. The average Bonchev–Trinajstić information content (AvgIpc) is 2.66. The normalized spacial score (nSPS) is 15.3. The Kier molecular flexibility index (Phi) is 3.80. The summed E-state index contributed by atoms with van der Waals surface area (Å²) in [4.78, 5) is 0. The van der Waals surface area contributed by atoms with Gasteiger partial charge < -0.3 is 10.2 Å². The maximum Gasteiger partial charge on any atom is 0.417 e. The highest BCUT2D eigenvalue weighted by Gasteiger charge is 2.39. The van der Waals surface area contributed by atoms with Crippen molar-refractivity contribution < 1.29 is 23.4 Å². The summed E-state index contributed by atoms with van der Waals surface area (Å²) in [7, 11) is 0. The molecule has 0 aliphatic heterocycles. The van der Waals surface area contributed by atoms with Gasteiger partial charge in [-0.05, 0) is 65.8 Å². The average molecular weight is 320 g/mol. The number of alkyl halides is 3. The molecule has 2 aromatic carbocycles. The number of hydrogen-bond donors (Lipinski definition) is 2. The van der Waals surface area contributed by atoms with Crippen molar-refractivity contribution in [1.29, 1.82) is 0 Å². The van der Waals surface area contributed by atoms with Gasteiger partial charge in [-0.15, -0.1) is 0 Å². The molecule has 2 nitrogen and oxygen atoms in total. The Morgan fingerprint density at radius 3 is 2.13 bits per heavy atom. The maximum absolute atomic E-state index is 13.7. The largest absolute Gasteiger partial charge is 0.508 e. The molecule has 0 atom stereocenters. The lowest BCUT2D eigenvalue weighted by atomic mass is 9.92. The van der Waals surface area contributed by atoms with E-state index in [0.717, 1.165) is 0 Å². The predicted molar refractivity (Wildman–Crippen MR) is 82.0 cm³/mol.